The van der Waals surface area contributed by atoms with Crippen molar-refractivity contribution >= 4 is 0 Å². The lowest BCUT2D eigenvalue weighted by molar-refractivity contribution is -0.0741. The second-order valence-corrected chi connectivity index (χ2v) is 7.50. The third-order valence-electron chi connectivity index (χ3n) is 6.42. The van der Waals surface area contributed by atoms with Gasteiger partial charge in [-0.2, -0.15) is 5.26 Å². The molecule has 1 saturated heterocycles. The van der Waals surface area contributed by atoms with Crippen molar-refractivity contribution in [3.05, 3.63) is 12.3 Å². The summed E-state index contributed by atoms with van der Waals surface area (Å²) < 4.78 is 0. The second-order valence-electron chi connectivity index (χ2n) is 7.50. The maximum atomic E-state index is 8.96. The van der Waals surface area contributed by atoms with Crippen molar-refractivity contribution < 1.29 is 0 Å². The van der Waals surface area contributed by atoms with Crippen LogP contribution in [-0.2, 0) is 0 Å². The first-order valence-corrected chi connectivity index (χ1v) is 8.32. The molecule has 0 unspecified atom stereocenters. The molecule has 0 aromatic heterocycles. The number of nitriles is 1. The van der Waals surface area contributed by atoms with E-state index in [0.717, 1.165) is 55.9 Å². The molecule has 3 nitrogen and oxygen atoms in total. The van der Waals surface area contributed by atoms with E-state index in [1.165, 1.54) is 32.1 Å². The molecule has 4 saturated carbocycles. The van der Waals surface area contributed by atoms with Gasteiger partial charge in [-0.05, 0) is 55.8 Å². The average Bonchev–Trinajstić information content (AvgIpc) is 2.46. The lowest BCUT2D eigenvalue weighted by Crippen LogP contribution is -2.59. The Morgan fingerprint density at radius 3 is 1.95 bits per heavy atom. The fourth-order valence-corrected chi connectivity index (χ4v) is 5.85. The summed E-state index contributed by atoms with van der Waals surface area (Å²) in [5.41, 5.74) is 0.648. The molecule has 5 aliphatic rings. The van der Waals surface area contributed by atoms with E-state index in [-0.39, 0.29) is 0 Å². The number of hydrogen-bond acceptors (Lipinski definition) is 3. The summed E-state index contributed by atoms with van der Waals surface area (Å²) in [6.45, 7) is 8.11. The molecule has 5 fully saturated rings. The lowest BCUT2D eigenvalue weighted by atomic mass is 9.54. The topological polar surface area (TPSA) is 30.3 Å². The fraction of sp³-hybridized carbons (Fsp3) is 0.824. The molecular formula is C17H25N3. The maximum absolute atomic E-state index is 8.96. The second kappa shape index (κ2) is 4.77. The van der Waals surface area contributed by atoms with Gasteiger partial charge in [-0.25, -0.2) is 0 Å². The highest BCUT2D eigenvalue weighted by Gasteiger charge is 2.50. The predicted molar refractivity (Wildman–Crippen MR) is 78.7 cm³/mol. The van der Waals surface area contributed by atoms with Crippen molar-refractivity contribution in [1.29, 1.82) is 5.26 Å². The van der Waals surface area contributed by atoms with Gasteiger partial charge in [0.2, 0.25) is 0 Å². The molecule has 0 aromatic carbocycles. The minimum Gasteiger partial charge on any atom is -0.361 e. The first kappa shape index (κ1) is 12.7. The van der Waals surface area contributed by atoms with E-state index < -0.39 is 0 Å². The Hall–Kier alpha value is -1.01. The van der Waals surface area contributed by atoms with E-state index in [9.17, 15) is 0 Å². The largest absolute Gasteiger partial charge is 0.361 e. The standard InChI is InChI=1S/C17H25N3/c1-12(11-18)19-2-4-20(5-3-19)17-15-7-13-6-14(9-15)10-16(17)8-13/h13-17H,1-10H2. The van der Waals surface area contributed by atoms with Crippen LogP contribution in [0.4, 0.5) is 0 Å². The third-order valence-corrected chi connectivity index (χ3v) is 6.42. The van der Waals surface area contributed by atoms with E-state index in [0.29, 0.717) is 5.70 Å². The highest BCUT2D eigenvalue weighted by molar-refractivity contribution is 5.15. The lowest BCUT2D eigenvalue weighted by Gasteiger charge is -2.58. The number of hydrogen-bond donors (Lipinski definition) is 0. The monoisotopic (exact) mass is 271 g/mol. The summed E-state index contributed by atoms with van der Waals surface area (Å²) in [5, 5.41) is 8.96. The van der Waals surface area contributed by atoms with Crippen LogP contribution in [0.15, 0.2) is 12.3 Å². The van der Waals surface area contributed by atoms with Crippen LogP contribution in [0, 0.1) is 35.0 Å². The SMILES string of the molecule is C=C(C#N)N1CCN(C2C3CC4CC(C3)CC2C4)CC1. The van der Waals surface area contributed by atoms with Crippen molar-refractivity contribution in [2.24, 2.45) is 23.7 Å². The van der Waals surface area contributed by atoms with E-state index in [1.807, 2.05) is 0 Å². The Morgan fingerprint density at radius 2 is 1.45 bits per heavy atom. The summed E-state index contributed by atoms with van der Waals surface area (Å²) in [6.07, 6.45) is 7.55. The molecule has 3 heteroatoms. The van der Waals surface area contributed by atoms with Gasteiger partial charge in [0.15, 0.2) is 0 Å². The zero-order valence-electron chi connectivity index (χ0n) is 12.3. The van der Waals surface area contributed by atoms with Crippen molar-refractivity contribution in [3.63, 3.8) is 0 Å². The molecule has 0 aromatic rings. The number of rotatable bonds is 2. The summed E-state index contributed by atoms with van der Waals surface area (Å²) in [6, 6.07) is 3.05. The van der Waals surface area contributed by atoms with Crippen LogP contribution in [0.3, 0.4) is 0 Å². The van der Waals surface area contributed by atoms with Gasteiger partial charge in [-0.3, -0.25) is 4.90 Å². The normalized spacial score (nSPS) is 43.5. The van der Waals surface area contributed by atoms with E-state index >= 15 is 0 Å². The maximum Gasteiger partial charge on any atom is 0.116 e. The molecule has 1 heterocycles. The third kappa shape index (κ3) is 1.97. The van der Waals surface area contributed by atoms with Crippen LogP contribution >= 0.6 is 0 Å². The predicted octanol–water partition coefficient (Wildman–Crippen LogP) is 2.47. The van der Waals surface area contributed by atoms with Gasteiger partial charge in [-0.15, -0.1) is 0 Å². The summed E-state index contributed by atoms with van der Waals surface area (Å²) in [5.74, 6) is 4.09. The highest BCUT2D eigenvalue weighted by atomic mass is 15.3. The summed E-state index contributed by atoms with van der Waals surface area (Å²) in [4.78, 5) is 4.92. The van der Waals surface area contributed by atoms with E-state index in [2.05, 4.69) is 22.4 Å². The molecule has 0 amide bonds. The van der Waals surface area contributed by atoms with Crippen LogP contribution in [0.25, 0.3) is 0 Å². The zero-order valence-corrected chi connectivity index (χ0v) is 12.3. The molecule has 5 rings (SSSR count). The molecule has 108 valence electrons. The van der Waals surface area contributed by atoms with Crippen molar-refractivity contribution in [1.82, 2.24) is 9.80 Å². The van der Waals surface area contributed by atoms with Gasteiger partial charge < -0.3 is 4.90 Å². The van der Waals surface area contributed by atoms with Gasteiger partial charge in [0, 0.05) is 32.2 Å². The highest BCUT2D eigenvalue weighted by Crippen LogP contribution is 2.55. The smallest absolute Gasteiger partial charge is 0.116 e. The van der Waals surface area contributed by atoms with Crippen LogP contribution < -0.4 is 0 Å². The van der Waals surface area contributed by atoms with E-state index in [1.54, 1.807) is 0 Å². The first-order valence-electron chi connectivity index (χ1n) is 8.32. The van der Waals surface area contributed by atoms with Gasteiger partial charge in [0.1, 0.15) is 11.8 Å². The van der Waals surface area contributed by atoms with Crippen LogP contribution in [-0.4, -0.2) is 42.0 Å². The Balaban J connectivity index is 1.42. The Labute approximate surface area is 122 Å². The van der Waals surface area contributed by atoms with Gasteiger partial charge >= 0.3 is 0 Å². The summed E-state index contributed by atoms with van der Waals surface area (Å²) >= 11 is 0. The van der Waals surface area contributed by atoms with Gasteiger partial charge in [-0.1, -0.05) is 6.58 Å². The molecule has 0 atom stereocenters. The Kier molecular flexibility index (Phi) is 3.03. The van der Waals surface area contributed by atoms with Crippen LogP contribution in [0.1, 0.15) is 32.1 Å². The molecule has 4 aliphatic carbocycles. The van der Waals surface area contributed by atoms with Crippen LogP contribution in [0.2, 0.25) is 0 Å². The molecule has 4 bridgehead atoms. The minimum absolute atomic E-state index is 0.648. The molecule has 1 aliphatic heterocycles. The van der Waals surface area contributed by atoms with Gasteiger partial charge in [0.25, 0.3) is 0 Å². The van der Waals surface area contributed by atoms with Gasteiger partial charge in [0.05, 0.1) is 0 Å². The average molecular weight is 271 g/mol. The molecular weight excluding hydrogens is 246 g/mol. The van der Waals surface area contributed by atoms with Crippen LogP contribution in [0.5, 0.6) is 0 Å². The minimum atomic E-state index is 0.648. The van der Waals surface area contributed by atoms with E-state index in [4.69, 9.17) is 5.26 Å². The number of piperazine rings is 1. The van der Waals surface area contributed by atoms with Crippen molar-refractivity contribution in [2.45, 2.75) is 38.1 Å². The number of allylic oxidation sites excluding steroid dienone is 1. The Bertz CT molecular complexity index is 414. The molecule has 0 radical (unpaired) electrons. The van der Waals surface area contributed by atoms with Crippen molar-refractivity contribution in [2.75, 3.05) is 26.2 Å². The quantitative estimate of drug-likeness (QED) is 0.723. The molecule has 0 N–H and O–H groups in total. The molecule has 20 heavy (non-hydrogen) atoms. The summed E-state index contributed by atoms with van der Waals surface area (Å²) in [7, 11) is 0. The van der Waals surface area contributed by atoms with Crippen molar-refractivity contribution in [3.8, 4) is 6.07 Å². The number of nitrogens with zero attached hydrogens (tertiary/aromatic N) is 3. The Morgan fingerprint density at radius 1 is 0.900 bits per heavy atom. The fourth-order valence-electron chi connectivity index (χ4n) is 5.85. The molecule has 0 spiro atoms. The zero-order chi connectivity index (χ0) is 13.7. The first-order chi connectivity index (χ1) is 9.74.